The van der Waals surface area contributed by atoms with Gasteiger partial charge in [-0.2, -0.15) is 0 Å². The minimum atomic E-state index is -0.177. The predicted octanol–water partition coefficient (Wildman–Crippen LogP) is 1.09. The molecule has 0 aromatic rings. The van der Waals surface area contributed by atoms with Gasteiger partial charge in [0.1, 0.15) is 0 Å². The van der Waals surface area contributed by atoms with E-state index in [-0.39, 0.29) is 24.1 Å². The highest BCUT2D eigenvalue weighted by Gasteiger charge is 2.44. The van der Waals surface area contributed by atoms with Gasteiger partial charge < -0.3 is 10.0 Å². The second-order valence-corrected chi connectivity index (χ2v) is 5.70. The third-order valence-corrected chi connectivity index (χ3v) is 3.79. The van der Waals surface area contributed by atoms with Crippen molar-refractivity contribution in [3.05, 3.63) is 0 Å². The van der Waals surface area contributed by atoms with Crippen molar-refractivity contribution in [3.63, 3.8) is 0 Å². The molecule has 0 aromatic carbocycles. The largest absolute Gasteiger partial charge is 0.396 e. The number of aliphatic hydroxyl groups is 1. The quantitative estimate of drug-likeness (QED) is 0.802. The number of hydrogen-bond donors (Lipinski definition) is 1. The summed E-state index contributed by atoms with van der Waals surface area (Å²) in [4.78, 5) is 16.3. The second kappa shape index (κ2) is 5.36. The Morgan fingerprint density at radius 3 is 2.59 bits per heavy atom. The summed E-state index contributed by atoms with van der Waals surface area (Å²) in [5.74, 6) is 0.138. The predicted molar refractivity (Wildman–Crippen MR) is 68.8 cm³/mol. The minimum Gasteiger partial charge on any atom is -0.396 e. The van der Waals surface area contributed by atoms with Crippen molar-refractivity contribution >= 4 is 5.91 Å². The summed E-state index contributed by atoms with van der Waals surface area (Å²) < 4.78 is 0. The van der Waals surface area contributed by atoms with Crippen LogP contribution in [0.1, 0.15) is 40.5 Å². The van der Waals surface area contributed by atoms with Crippen molar-refractivity contribution in [1.29, 1.82) is 0 Å². The van der Waals surface area contributed by atoms with Gasteiger partial charge in [-0.1, -0.05) is 6.92 Å². The minimum absolute atomic E-state index is 0.0298. The van der Waals surface area contributed by atoms with Crippen LogP contribution in [-0.4, -0.2) is 58.6 Å². The van der Waals surface area contributed by atoms with Gasteiger partial charge in [0.05, 0.1) is 6.04 Å². The van der Waals surface area contributed by atoms with E-state index >= 15 is 0 Å². The van der Waals surface area contributed by atoms with Crippen LogP contribution in [0.25, 0.3) is 0 Å². The molecule has 0 aromatic heterocycles. The molecular formula is C13H26N2O2. The molecule has 1 aliphatic heterocycles. The zero-order chi connectivity index (χ0) is 13.2. The SMILES string of the molecule is CCC(C)N1C(CCO)C(=O)N(C)CC1(C)C. The van der Waals surface area contributed by atoms with Crippen molar-refractivity contribution in [3.8, 4) is 0 Å². The maximum atomic E-state index is 12.2. The Kier molecular flexibility index (Phi) is 4.55. The molecule has 1 fully saturated rings. The van der Waals surface area contributed by atoms with Crippen LogP contribution in [0, 0.1) is 0 Å². The third kappa shape index (κ3) is 2.80. The lowest BCUT2D eigenvalue weighted by Crippen LogP contribution is -2.67. The maximum absolute atomic E-state index is 12.2. The molecule has 1 heterocycles. The van der Waals surface area contributed by atoms with Crippen molar-refractivity contribution in [2.45, 2.75) is 58.2 Å². The van der Waals surface area contributed by atoms with Gasteiger partial charge in [0.25, 0.3) is 0 Å². The van der Waals surface area contributed by atoms with Gasteiger partial charge in [0, 0.05) is 31.8 Å². The van der Waals surface area contributed by atoms with Crippen molar-refractivity contribution in [2.24, 2.45) is 0 Å². The number of amides is 1. The lowest BCUT2D eigenvalue weighted by Gasteiger charge is -2.52. The average molecular weight is 242 g/mol. The monoisotopic (exact) mass is 242 g/mol. The lowest BCUT2D eigenvalue weighted by atomic mass is 9.90. The zero-order valence-corrected chi connectivity index (χ0v) is 11.7. The van der Waals surface area contributed by atoms with Gasteiger partial charge in [-0.05, 0) is 33.6 Å². The molecule has 2 atom stereocenters. The summed E-state index contributed by atoms with van der Waals surface area (Å²) in [7, 11) is 1.85. The summed E-state index contributed by atoms with van der Waals surface area (Å²) in [5, 5.41) is 9.17. The van der Waals surface area contributed by atoms with Crippen LogP contribution >= 0.6 is 0 Å². The maximum Gasteiger partial charge on any atom is 0.239 e. The summed E-state index contributed by atoms with van der Waals surface area (Å²) in [5.41, 5.74) is -0.0298. The van der Waals surface area contributed by atoms with E-state index in [1.807, 2.05) is 7.05 Å². The van der Waals surface area contributed by atoms with Gasteiger partial charge >= 0.3 is 0 Å². The van der Waals surface area contributed by atoms with E-state index in [0.29, 0.717) is 12.5 Å². The number of aliphatic hydroxyl groups excluding tert-OH is 1. The molecule has 0 spiro atoms. The first-order chi connectivity index (χ1) is 7.85. The van der Waals surface area contributed by atoms with Gasteiger partial charge in [0.2, 0.25) is 5.91 Å². The van der Waals surface area contributed by atoms with E-state index in [1.54, 1.807) is 4.90 Å². The van der Waals surface area contributed by atoms with E-state index < -0.39 is 0 Å². The highest BCUT2D eigenvalue weighted by atomic mass is 16.3. The van der Waals surface area contributed by atoms with Crippen LogP contribution in [0.2, 0.25) is 0 Å². The molecule has 2 unspecified atom stereocenters. The van der Waals surface area contributed by atoms with Crippen LogP contribution in [0.3, 0.4) is 0 Å². The molecule has 1 N–H and O–H groups in total. The fraction of sp³-hybridized carbons (Fsp3) is 0.923. The zero-order valence-electron chi connectivity index (χ0n) is 11.7. The van der Waals surface area contributed by atoms with E-state index in [4.69, 9.17) is 5.11 Å². The highest BCUT2D eigenvalue weighted by Crippen LogP contribution is 2.30. The number of piperazine rings is 1. The highest BCUT2D eigenvalue weighted by molar-refractivity contribution is 5.82. The van der Waals surface area contributed by atoms with Gasteiger partial charge in [0.15, 0.2) is 0 Å². The molecule has 1 rings (SSSR count). The molecule has 0 aliphatic carbocycles. The summed E-state index contributed by atoms with van der Waals surface area (Å²) in [6.45, 7) is 9.45. The fourth-order valence-corrected chi connectivity index (χ4v) is 3.02. The molecule has 0 bridgehead atoms. The number of carbonyl (C=O) groups excluding carboxylic acids is 1. The van der Waals surface area contributed by atoms with E-state index in [2.05, 4.69) is 32.6 Å². The Morgan fingerprint density at radius 1 is 1.53 bits per heavy atom. The summed E-state index contributed by atoms with van der Waals surface area (Å²) >= 11 is 0. The molecule has 17 heavy (non-hydrogen) atoms. The molecule has 1 saturated heterocycles. The Labute approximate surface area is 105 Å². The van der Waals surface area contributed by atoms with Crippen LogP contribution < -0.4 is 0 Å². The fourth-order valence-electron chi connectivity index (χ4n) is 3.02. The lowest BCUT2D eigenvalue weighted by molar-refractivity contribution is -0.152. The molecule has 0 saturated carbocycles. The summed E-state index contributed by atoms with van der Waals surface area (Å²) in [6, 6.07) is 0.183. The van der Waals surface area contributed by atoms with Gasteiger partial charge in [-0.3, -0.25) is 9.69 Å². The molecule has 1 aliphatic rings. The number of nitrogens with zero attached hydrogens (tertiary/aromatic N) is 2. The first-order valence-corrected chi connectivity index (χ1v) is 6.49. The van der Waals surface area contributed by atoms with E-state index in [1.165, 1.54) is 0 Å². The number of rotatable bonds is 4. The van der Waals surface area contributed by atoms with Crippen LogP contribution in [0.4, 0.5) is 0 Å². The first-order valence-electron chi connectivity index (χ1n) is 6.49. The molecular weight excluding hydrogens is 216 g/mol. The normalized spacial score (nSPS) is 27.3. The molecule has 100 valence electrons. The van der Waals surface area contributed by atoms with Gasteiger partial charge in [-0.15, -0.1) is 0 Å². The topological polar surface area (TPSA) is 43.8 Å². The number of hydrogen-bond acceptors (Lipinski definition) is 3. The Bertz CT molecular complexity index is 279. The third-order valence-electron chi connectivity index (χ3n) is 3.79. The average Bonchev–Trinajstić information content (AvgIpc) is 2.24. The Morgan fingerprint density at radius 2 is 2.12 bits per heavy atom. The van der Waals surface area contributed by atoms with Crippen molar-refractivity contribution in [1.82, 2.24) is 9.80 Å². The van der Waals surface area contributed by atoms with Crippen LogP contribution in [0.5, 0.6) is 0 Å². The van der Waals surface area contributed by atoms with E-state index in [9.17, 15) is 4.79 Å². The molecule has 4 nitrogen and oxygen atoms in total. The first kappa shape index (κ1) is 14.5. The van der Waals surface area contributed by atoms with Crippen molar-refractivity contribution < 1.29 is 9.90 Å². The standard InChI is InChI=1S/C13H26N2O2/c1-6-10(2)15-11(7-8-16)12(17)14(5)9-13(15,3)4/h10-11,16H,6-9H2,1-5H3. The molecule has 4 heteroatoms. The van der Waals surface area contributed by atoms with Crippen molar-refractivity contribution in [2.75, 3.05) is 20.2 Å². The Hall–Kier alpha value is -0.610. The number of carbonyl (C=O) groups is 1. The Balaban J connectivity index is 3.02. The second-order valence-electron chi connectivity index (χ2n) is 5.70. The number of likely N-dealkylation sites (N-methyl/N-ethyl adjacent to an activating group) is 1. The molecule has 1 amide bonds. The summed E-state index contributed by atoms with van der Waals surface area (Å²) in [6.07, 6.45) is 1.54. The smallest absolute Gasteiger partial charge is 0.239 e. The molecule has 0 radical (unpaired) electrons. The van der Waals surface area contributed by atoms with Crippen LogP contribution in [0.15, 0.2) is 0 Å². The van der Waals surface area contributed by atoms with Crippen LogP contribution in [-0.2, 0) is 4.79 Å². The van der Waals surface area contributed by atoms with E-state index in [0.717, 1.165) is 13.0 Å². The van der Waals surface area contributed by atoms with Gasteiger partial charge in [-0.25, -0.2) is 0 Å².